The highest BCUT2D eigenvalue weighted by atomic mass is 32.1. The molecule has 3 heterocycles. The van der Waals surface area contributed by atoms with Gasteiger partial charge in [0.15, 0.2) is 16.7 Å². The second-order valence-electron chi connectivity index (χ2n) is 5.03. The second kappa shape index (κ2) is 3.75. The molecule has 0 spiro atoms. The maximum atomic E-state index is 4.72. The van der Waals surface area contributed by atoms with E-state index in [1.165, 1.54) is 24.1 Å². The Morgan fingerprint density at radius 1 is 1.28 bits per heavy atom. The highest BCUT2D eigenvalue weighted by Crippen LogP contribution is 2.41. The summed E-state index contributed by atoms with van der Waals surface area (Å²) in [6.45, 7) is 3.06. The van der Waals surface area contributed by atoms with E-state index < -0.39 is 0 Å². The van der Waals surface area contributed by atoms with Gasteiger partial charge in [-0.1, -0.05) is 6.08 Å². The van der Waals surface area contributed by atoms with E-state index >= 15 is 0 Å². The van der Waals surface area contributed by atoms with Crippen molar-refractivity contribution in [3.8, 4) is 10.8 Å². The molecule has 1 aliphatic heterocycles. The first-order valence-corrected chi connectivity index (χ1v) is 7.27. The standard InChI is InChI=1S/C13H14N4S/c1-8-3-2-6-17-11(8)15-16-12(17)13-14-10(7-18-13)9-4-5-9/h3,7,9H,2,4-6H2,1H3. The van der Waals surface area contributed by atoms with Crippen LogP contribution in [0.15, 0.2) is 11.5 Å². The Labute approximate surface area is 109 Å². The van der Waals surface area contributed by atoms with Gasteiger partial charge < -0.3 is 4.57 Å². The molecule has 1 saturated carbocycles. The lowest BCUT2D eigenvalue weighted by atomic mass is 10.2. The van der Waals surface area contributed by atoms with E-state index in [0.29, 0.717) is 5.92 Å². The summed E-state index contributed by atoms with van der Waals surface area (Å²) < 4.78 is 2.20. The van der Waals surface area contributed by atoms with Crippen molar-refractivity contribution >= 4 is 16.9 Å². The molecule has 4 nitrogen and oxygen atoms in total. The number of hydrogen-bond acceptors (Lipinski definition) is 4. The SMILES string of the molecule is CC1=CCCn2c1nnc2-c1nc(C2CC2)cs1. The Hall–Kier alpha value is -1.49. The average molecular weight is 258 g/mol. The summed E-state index contributed by atoms with van der Waals surface area (Å²) in [5.41, 5.74) is 2.47. The minimum Gasteiger partial charge on any atom is -0.305 e. The Morgan fingerprint density at radius 3 is 2.94 bits per heavy atom. The predicted octanol–water partition coefficient (Wildman–Crippen LogP) is 3.09. The van der Waals surface area contributed by atoms with Crippen LogP contribution in [0.25, 0.3) is 16.4 Å². The summed E-state index contributed by atoms with van der Waals surface area (Å²) in [4.78, 5) is 4.72. The van der Waals surface area contributed by atoms with Gasteiger partial charge in [-0.15, -0.1) is 21.5 Å². The lowest BCUT2D eigenvalue weighted by Gasteiger charge is -2.12. The number of nitrogens with zero attached hydrogens (tertiary/aromatic N) is 4. The van der Waals surface area contributed by atoms with Crippen molar-refractivity contribution in [2.45, 2.75) is 38.6 Å². The first-order valence-electron chi connectivity index (χ1n) is 6.39. The summed E-state index contributed by atoms with van der Waals surface area (Å²) in [5.74, 6) is 2.65. The zero-order chi connectivity index (χ0) is 12.1. The van der Waals surface area contributed by atoms with Crippen molar-refractivity contribution < 1.29 is 0 Å². The Kier molecular flexibility index (Phi) is 2.17. The zero-order valence-electron chi connectivity index (χ0n) is 10.3. The van der Waals surface area contributed by atoms with Crippen molar-refractivity contribution in [3.05, 3.63) is 23.0 Å². The third-order valence-electron chi connectivity index (χ3n) is 3.62. The van der Waals surface area contributed by atoms with Crippen LogP contribution in [0.4, 0.5) is 0 Å². The first kappa shape index (κ1) is 10.4. The van der Waals surface area contributed by atoms with Gasteiger partial charge >= 0.3 is 0 Å². The normalized spacial score (nSPS) is 18.6. The molecule has 1 fully saturated rings. The first-order chi connectivity index (χ1) is 8.83. The van der Waals surface area contributed by atoms with Crippen molar-refractivity contribution in [2.75, 3.05) is 0 Å². The van der Waals surface area contributed by atoms with E-state index in [1.807, 2.05) is 0 Å². The molecule has 0 aromatic carbocycles. The Morgan fingerprint density at radius 2 is 2.11 bits per heavy atom. The van der Waals surface area contributed by atoms with Gasteiger partial charge in [0.25, 0.3) is 0 Å². The number of rotatable bonds is 2. The molecule has 5 heteroatoms. The van der Waals surface area contributed by atoms with Gasteiger partial charge in [0.1, 0.15) is 0 Å². The highest BCUT2D eigenvalue weighted by Gasteiger charge is 2.27. The number of allylic oxidation sites excluding steroid dienone is 2. The largest absolute Gasteiger partial charge is 0.305 e. The Bertz CT molecular complexity index is 633. The van der Waals surface area contributed by atoms with Gasteiger partial charge in [0, 0.05) is 17.8 Å². The molecule has 0 amide bonds. The van der Waals surface area contributed by atoms with E-state index in [-0.39, 0.29) is 0 Å². The molecule has 0 N–H and O–H groups in total. The number of aromatic nitrogens is 4. The maximum absolute atomic E-state index is 4.72. The fourth-order valence-electron chi connectivity index (χ4n) is 2.42. The van der Waals surface area contributed by atoms with Gasteiger partial charge in [-0.3, -0.25) is 0 Å². The molecular weight excluding hydrogens is 244 g/mol. The predicted molar refractivity (Wildman–Crippen MR) is 71.4 cm³/mol. The van der Waals surface area contributed by atoms with Crippen LogP contribution in [0.5, 0.6) is 0 Å². The van der Waals surface area contributed by atoms with Gasteiger partial charge in [0.05, 0.1) is 5.69 Å². The Balaban J connectivity index is 1.77. The number of thiazole rings is 1. The molecule has 0 radical (unpaired) electrons. The van der Waals surface area contributed by atoms with Gasteiger partial charge in [-0.05, 0) is 31.8 Å². The number of fused-ring (bicyclic) bond motifs is 1. The van der Waals surface area contributed by atoms with Crippen LogP contribution in [0, 0.1) is 0 Å². The molecule has 2 aliphatic rings. The summed E-state index contributed by atoms with van der Waals surface area (Å²) in [6.07, 6.45) is 5.88. The van der Waals surface area contributed by atoms with Crippen LogP contribution in [0.1, 0.15) is 43.6 Å². The molecule has 1 aliphatic carbocycles. The molecule has 92 valence electrons. The van der Waals surface area contributed by atoms with E-state index in [9.17, 15) is 0 Å². The summed E-state index contributed by atoms with van der Waals surface area (Å²) in [5, 5.41) is 11.8. The smallest absolute Gasteiger partial charge is 0.193 e. The topological polar surface area (TPSA) is 43.6 Å². The molecule has 0 bridgehead atoms. The highest BCUT2D eigenvalue weighted by molar-refractivity contribution is 7.13. The van der Waals surface area contributed by atoms with E-state index in [1.54, 1.807) is 11.3 Å². The minimum atomic E-state index is 0.709. The third-order valence-corrected chi connectivity index (χ3v) is 4.47. The average Bonchev–Trinajstić information content (AvgIpc) is 2.95. The molecule has 0 unspecified atom stereocenters. The second-order valence-corrected chi connectivity index (χ2v) is 5.88. The van der Waals surface area contributed by atoms with Crippen molar-refractivity contribution in [1.82, 2.24) is 19.7 Å². The van der Waals surface area contributed by atoms with Crippen LogP contribution >= 0.6 is 11.3 Å². The molecule has 0 saturated heterocycles. The van der Waals surface area contributed by atoms with E-state index in [4.69, 9.17) is 4.98 Å². The summed E-state index contributed by atoms with van der Waals surface area (Å²) in [7, 11) is 0. The molecule has 2 aromatic heterocycles. The molecule has 0 atom stereocenters. The van der Waals surface area contributed by atoms with Crippen LogP contribution in [-0.4, -0.2) is 19.7 Å². The zero-order valence-corrected chi connectivity index (χ0v) is 11.1. The van der Waals surface area contributed by atoms with Crippen molar-refractivity contribution in [2.24, 2.45) is 0 Å². The molecule has 4 rings (SSSR count). The summed E-state index contributed by atoms with van der Waals surface area (Å²) >= 11 is 1.70. The summed E-state index contributed by atoms with van der Waals surface area (Å²) in [6, 6.07) is 0. The van der Waals surface area contributed by atoms with E-state index in [0.717, 1.165) is 29.6 Å². The van der Waals surface area contributed by atoms with Gasteiger partial charge in [-0.2, -0.15) is 0 Å². The quantitative estimate of drug-likeness (QED) is 0.831. The van der Waals surface area contributed by atoms with Crippen LogP contribution < -0.4 is 0 Å². The molecular formula is C13H14N4S. The molecule has 2 aromatic rings. The minimum absolute atomic E-state index is 0.709. The van der Waals surface area contributed by atoms with Gasteiger partial charge in [0.2, 0.25) is 0 Å². The third kappa shape index (κ3) is 1.54. The van der Waals surface area contributed by atoms with E-state index in [2.05, 4.69) is 33.1 Å². The lowest BCUT2D eigenvalue weighted by Crippen LogP contribution is -2.08. The number of hydrogen-bond donors (Lipinski definition) is 0. The fourth-order valence-corrected chi connectivity index (χ4v) is 3.31. The monoisotopic (exact) mass is 258 g/mol. The van der Waals surface area contributed by atoms with Crippen LogP contribution in [-0.2, 0) is 6.54 Å². The lowest BCUT2D eigenvalue weighted by molar-refractivity contribution is 0.687. The van der Waals surface area contributed by atoms with Crippen molar-refractivity contribution in [1.29, 1.82) is 0 Å². The fraction of sp³-hybridized carbons (Fsp3) is 0.462. The van der Waals surface area contributed by atoms with Crippen molar-refractivity contribution in [3.63, 3.8) is 0 Å². The van der Waals surface area contributed by atoms with Crippen LogP contribution in [0.2, 0.25) is 0 Å². The molecule has 18 heavy (non-hydrogen) atoms. The maximum Gasteiger partial charge on any atom is 0.193 e. The van der Waals surface area contributed by atoms with Crippen LogP contribution in [0.3, 0.4) is 0 Å². The van der Waals surface area contributed by atoms with Gasteiger partial charge in [-0.25, -0.2) is 4.98 Å².